The van der Waals surface area contributed by atoms with E-state index in [9.17, 15) is 9.59 Å². The Balaban J connectivity index is 1.83. The van der Waals surface area contributed by atoms with E-state index < -0.39 is 5.97 Å². The first kappa shape index (κ1) is 13.2. The minimum absolute atomic E-state index is 0.00427. The van der Waals surface area contributed by atoms with Crippen molar-refractivity contribution in [3.05, 3.63) is 0 Å². The number of aliphatic carboxylic acids is 1. The number of urea groups is 1. The van der Waals surface area contributed by atoms with Crippen molar-refractivity contribution >= 4 is 12.0 Å². The third-order valence-corrected chi connectivity index (χ3v) is 4.22. The number of carbonyl (C=O) groups is 2. The summed E-state index contributed by atoms with van der Waals surface area (Å²) in [5.41, 5.74) is 0. The van der Waals surface area contributed by atoms with E-state index in [1.165, 1.54) is 0 Å². The summed E-state index contributed by atoms with van der Waals surface area (Å²) in [6.07, 6.45) is 5.20. The van der Waals surface area contributed by atoms with Crippen LogP contribution in [-0.2, 0) is 4.79 Å². The summed E-state index contributed by atoms with van der Waals surface area (Å²) < 4.78 is 0. The van der Waals surface area contributed by atoms with Gasteiger partial charge in [-0.1, -0.05) is 6.92 Å². The second kappa shape index (κ2) is 5.59. The van der Waals surface area contributed by atoms with Crippen LogP contribution in [0.2, 0.25) is 0 Å². The zero-order valence-corrected chi connectivity index (χ0v) is 10.9. The molecule has 1 aliphatic carbocycles. The van der Waals surface area contributed by atoms with Gasteiger partial charge in [0.05, 0.1) is 5.92 Å². The third kappa shape index (κ3) is 2.76. The van der Waals surface area contributed by atoms with Gasteiger partial charge < -0.3 is 15.3 Å². The minimum Gasteiger partial charge on any atom is -0.481 e. The van der Waals surface area contributed by atoms with Crippen LogP contribution in [0.15, 0.2) is 0 Å². The van der Waals surface area contributed by atoms with Gasteiger partial charge in [0, 0.05) is 18.6 Å². The van der Waals surface area contributed by atoms with Gasteiger partial charge in [-0.15, -0.1) is 0 Å². The predicted octanol–water partition coefficient (Wildman–Crippen LogP) is 1.82. The lowest BCUT2D eigenvalue weighted by atomic mass is 10.1. The number of hydrogen-bond acceptors (Lipinski definition) is 2. The van der Waals surface area contributed by atoms with Crippen molar-refractivity contribution in [2.24, 2.45) is 5.92 Å². The van der Waals surface area contributed by atoms with Gasteiger partial charge in [0.15, 0.2) is 0 Å². The number of nitrogens with one attached hydrogen (secondary N) is 1. The van der Waals surface area contributed by atoms with E-state index in [4.69, 9.17) is 5.11 Å². The van der Waals surface area contributed by atoms with Crippen LogP contribution in [-0.4, -0.2) is 40.6 Å². The number of carbonyl (C=O) groups excluding carboxylic acids is 1. The van der Waals surface area contributed by atoms with Crippen molar-refractivity contribution in [1.82, 2.24) is 10.2 Å². The molecule has 1 saturated carbocycles. The van der Waals surface area contributed by atoms with Gasteiger partial charge in [0.25, 0.3) is 0 Å². The highest BCUT2D eigenvalue weighted by Crippen LogP contribution is 2.26. The standard InChI is InChI=1S/C13H22N2O3/c1-2-11-4-3-7-15(11)13(18)14-10-6-5-9(8-10)12(16)17/h9-11H,2-8H2,1H3,(H,14,18)(H,16,17). The average Bonchev–Trinajstić information content (AvgIpc) is 2.96. The summed E-state index contributed by atoms with van der Waals surface area (Å²) in [6, 6.07) is 0.397. The van der Waals surface area contributed by atoms with Crippen molar-refractivity contribution in [2.75, 3.05) is 6.54 Å². The molecule has 0 aromatic heterocycles. The molecule has 5 nitrogen and oxygen atoms in total. The molecule has 1 aliphatic heterocycles. The molecule has 0 radical (unpaired) electrons. The summed E-state index contributed by atoms with van der Waals surface area (Å²) in [4.78, 5) is 24.9. The highest BCUT2D eigenvalue weighted by molar-refractivity contribution is 5.76. The normalized spacial score (nSPS) is 31.6. The van der Waals surface area contributed by atoms with Crippen LogP contribution in [0.25, 0.3) is 0 Å². The Hall–Kier alpha value is -1.26. The van der Waals surface area contributed by atoms with Gasteiger partial charge in [-0.2, -0.15) is 0 Å². The van der Waals surface area contributed by atoms with E-state index in [1.807, 2.05) is 4.90 Å². The monoisotopic (exact) mass is 254 g/mol. The smallest absolute Gasteiger partial charge is 0.317 e. The molecule has 2 rings (SSSR count). The predicted molar refractivity (Wildman–Crippen MR) is 67.3 cm³/mol. The molecule has 0 aromatic carbocycles. The van der Waals surface area contributed by atoms with Crippen LogP contribution < -0.4 is 5.32 Å². The first-order chi connectivity index (χ1) is 8.61. The number of hydrogen-bond donors (Lipinski definition) is 2. The second-order valence-electron chi connectivity index (χ2n) is 5.39. The summed E-state index contributed by atoms with van der Waals surface area (Å²) >= 11 is 0. The number of carboxylic acids is 1. The topological polar surface area (TPSA) is 69.6 Å². The third-order valence-electron chi connectivity index (χ3n) is 4.22. The zero-order chi connectivity index (χ0) is 13.1. The van der Waals surface area contributed by atoms with Gasteiger partial charge in [-0.25, -0.2) is 4.79 Å². The Bertz CT molecular complexity index is 332. The molecule has 5 heteroatoms. The Morgan fingerprint density at radius 1 is 1.33 bits per heavy atom. The highest BCUT2D eigenvalue weighted by atomic mass is 16.4. The molecule has 1 saturated heterocycles. The fourth-order valence-corrected chi connectivity index (χ4v) is 3.12. The van der Waals surface area contributed by atoms with Crippen molar-refractivity contribution in [3.63, 3.8) is 0 Å². The first-order valence-electron chi connectivity index (χ1n) is 6.91. The lowest BCUT2D eigenvalue weighted by Gasteiger charge is -2.26. The van der Waals surface area contributed by atoms with Crippen molar-refractivity contribution < 1.29 is 14.7 Å². The maximum atomic E-state index is 12.1. The molecule has 2 fully saturated rings. The number of rotatable bonds is 3. The van der Waals surface area contributed by atoms with Crippen molar-refractivity contribution in [1.29, 1.82) is 0 Å². The molecule has 0 aromatic rings. The Labute approximate surface area is 108 Å². The van der Waals surface area contributed by atoms with E-state index in [0.717, 1.165) is 32.2 Å². The minimum atomic E-state index is -0.737. The summed E-state index contributed by atoms with van der Waals surface area (Å²) in [6.45, 7) is 2.94. The van der Waals surface area contributed by atoms with Gasteiger partial charge in [-0.05, 0) is 38.5 Å². The molecule has 0 bridgehead atoms. The quantitative estimate of drug-likeness (QED) is 0.807. The largest absolute Gasteiger partial charge is 0.481 e. The molecule has 3 unspecified atom stereocenters. The molecule has 1 heterocycles. The number of carboxylic acid groups (broad SMARTS) is 1. The van der Waals surface area contributed by atoms with Crippen LogP contribution in [0.1, 0.15) is 45.4 Å². The fraction of sp³-hybridized carbons (Fsp3) is 0.846. The van der Waals surface area contributed by atoms with Gasteiger partial charge >= 0.3 is 12.0 Å². The fourth-order valence-electron chi connectivity index (χ4n) is 3.12. The van der Waals surface area contributed by atoms with Crippen LogP contribution in [0.3, 0.4) is 0 Å². The molecule has 2 N–H and O–H groups in total. The Kier molecular flexibility index (Phi) is 4.09. The average molecular weight is 254 g/mol. The SMILES string of the molecule is CCC1CCCN1C(=O)NC1CCC(C(=O)O)C1. The maximum absolute atomic E-state index is 12.1. The molecular formula is C13H22N2O3. The molecule has 2 amide bonds. The lowest BCUT2D eigenvalue weighted by molar-refractivity contribution is -0.141. The van der Waals surface area contributed by atoms with Crippen LogP contribution in [0, 0.1) is 5.92 Å². The number of likely N-dealkylation sites (tertiary alicyclic amines) is 1. The molecule has 0 spiro atoms. The summed E-state index contributed by atoms with van der Waals surface area (Å²) in [5, 5.41) is 11.9. The number of amides is 2. The molecule has 102 valence electrons. The molecule has 3 atom stereocenters. The van der Waals surface area contributed by atoms with Crippen LogP contribution in [0.4, 0.5) is 4.79 Å². The van der Waals surface area contributed by atoms with E-state index in [-0.39, 0.29) is 18.0 Å². The van der Waals surface area contributed by atoms with Gasteiger partial charge in [0.2, 0.25) is 0 Å². The lowest BCUT2D eigenvalue weighted by Crippen LogP contribution is -2.46. The highest BCUT2D eigenvalue weighted by Gasteiger charge is 2.33. The Morgan fingerprint density at radius 3 is 2.72 bits per heavy atom. The second-order valence-corrected chi connectivity index (χ2v) is 5.39. The summed E-state index contributed by atoms with van der Waals surface area (Å²) in [5.74, 6) is -1.02. The van der Waals surface area contributed by atoms with E-state index >= 15 is 0 Å². The zero-order valence-electron chi connectivity index (χ0n) is 10.9. The molecule has 2 aliphatic rings. The van der Waals surface area contributed by atoms with E-state index in [1.54, 1.807) is 0 Å². The number of nitrogens with zero attached hydrogens (tertiary/aromatic N) is 1. The van der Waals surface area contributed by atoms with E-state index in [2.05, 4.69) is 12.2 Å². The Morgan fingerprint density at radius 2 is 2.11 bits per heavy atom. The van der Waals surface area contributed by atoms with Gasteiger partial charge in [-0.3, -0.25) is 4.79 Å². The summed E-state index contributed by atoms with van der Waals surface area (Å²) in [7, 11) is 0. The van der Waals surface area contributed by atoms with E-state index in [0.29, 0.717) is 18.9 Å². The molecular weight excluding hydrogens is 232 g/mol. The van der Waals surface area contributed by atoms with Gasteiger partial charge in [0.1, 0.15) is 0 Å². The first-order valence-corrected chi connectivity index (χ1v) is 6.91. The maximum Gasteiger partial charge on any atom is 0.317 e. The van der Waals surface area contributed by atoms with Crippen LogP contribution >= 0.6 is 0 Å². The van der Waals surface area contributed by atoms with Crippen LogP contribution in [0.5, 0.6) is 0 Å². The van der Waals surface area contributed by atoms with Crippen molar-refractivity contribution in [2.45, 2.75) is 57.5 Å². The molecule has 18 heavy (non-hydrogen) atoms. The van der Waals surface area contributed by atoms with Crippen molar-refractivity contribution in [3.8, 4) is 0 Å².